The van der Waals surface area contributed by atoms with Crippen molar-refractivity contribution < 1.29 is 14.3 Å². The summed E-state index contributed by atoms with van der Waals surface area (Å²) in [6.45, 7) is 8.66. The largest absolute Gasteiger partial charge is 0.456 e. The van der Waals surface area contributed by atoms with Gasteiger partial charge >= 0.3 is 5.97 Å². The fourth-order valence-electron chi connectivity index (χ4n) is 7.03. The third-order valence-corrected chi connectivity index (χ3v) is 8.77. The highest BCUT2D eigenvalue weighted by Gasteiger charge is 2.70. The lowest BCUT2D eigenvalue weighted by atomic mass is 9.69. The number of allylic oxidation sites excluding steroid dienone is 1. The number of carbonyl (C=O) groups is 1. The minimum absolute atomic E-state index is 0.157. The molecule has 0 aromatic heterocycles. The molecule has 2 heterocycles. The molecule has 7 unspecified atom stereocenters. The van der Waals surface area contributed by atoms with Crippen molar-refractivity contribution in [3.63, 3.8) is 0 Å². The Morgan fingerprint density at radius 1 is 1.23 bits per heavy atom. The van der Waals surface area contributed by atoms with Crippen LogP contribution in [0.4, 0.5) is 0 Å². The summed E-state index contributed by atoms with van der Waals surface area (Å²) in [5, 5.41) is 4.16. The second-order valence-corrected chi connectivity index (χ2v) is 10.7. The van der Waals surface area contributed by atoms with Crippen LogP contribution < -0.4 is 0 Å². The van der Waals surface area contributed by atoms with Crippen molar-refractivity contribution in [1.82, 2.24) is 0 Å². The molecule has 6 nitrogen and oxygen atoms in total. The maximum absolute atomic E-state index is 12.9. The molecule has 4 rings (SSSR count). The van der Waals surface area contributed by atoms with Gasteiger partial charge in [0.15, 0.2) is 0 Å². The van der Waals surface area contributed by atoms with Crippen molar-refractivity contribution in [3.8, 4) is 0 Å². The van der Waals surface area contributed by atoms with E-state index in [4.69, 9.17) is 9.47 Å². The molecule has 2 saturated heterocycles. The van der Waals surface area contributed by atoms with Gasteiger partial charge in [-0.3, -0.25) is 0 Å². The van der Waals surface area contributed by atoms with Crippen LogP contribution in [0.2, 0.25) is 0 Å². The van der Waals surface area contributed by atoms with Crippen LogP contribution in [0, 0.1) is 29.6 Å². The first-order valence-electron chi connectivity index (χ1n) is 11.9. The van der Waals surface area contributed by atoms with Crippen molar-refractivity contribution in [2.45, 2.75) is 102 Å². The predicted octanol–water partition coefficient (Wildman–Crippen LogP) is 5.96. The minimum atomic E-state index is -0.596. The molecule has 2 bridgehead atoms. The van der Waals surface area contributed by atoms with E-state index in [1.807, 2.05) is 0 Å². The molecule has 4 fully saturated rings. The van der Waals surface area contributed by atoms with Gasteiger partial charge in [-0.05, 0) is 68.2 Å². The Hall–Kier alpha value is -1.52. The number of azide groups is 1. The molecule has 166 valence electrons. The molecule has 2 aliphatic heterocycles. The molecule has 0 radical (unpaired) electrons. The normalized spacial score (nSPS) is 43.6. The van der Waals surface area contributed by atoms with E-state index in [1.165, 1.54) is 32.1 Å². The molecule has 7 atom stereocenters. The highest BCUT2D eigenvalue weighted by Crippen LogP contribution is 2.63. The molecule has 2 aliphatic carbocycles. The van der Waals surface area contributed by atoms with E-state index in [0.29, 0.717) is 18.3 Å². The van der Waals surface area contributed by atoms with E-state index < -0.39 is 11.2 Å². The van der Waals surface area contributed by atoms with Gasteiger partial charge in [-0.1, -0.05) is 51.2 Å². The fraction of sp³-hybridized carbons (Fsp3) is 0.875. The summed E-state index contributed by atoms with van der Waals surface area (Å²) in [5.41, 5.74) is 8.11. The molecule has 4 aliphatic rings. The number of hydrogen-bond donors (Lipinski definition) is 0. The lowest BCUT2D eigenvalue weighted by Gasteiger charge is -2.53. The van der Waals surface area contributed by atoms with Crippen LogP contribution in [-0.4, -0.2) is 29.3 Å². The molecule has 0 spiro atoms. The smallest absolute Gasteiger partial charge is 0.330 e. The molecule has 6 heteroatoms. The third-order valence-electron chi connectivity index (χ3n) is 8.77. The number of nitrogens with zero attached hydrogens (tertiary/aromatic N) is 3. The lowest BCUT2D eigenvalue weighted by Crippen LogP contribution is -2.62. The standard InChI is InChI=1S/C24H37N3O3/c1-15(2)24-14-19(26-27-25)23(4,30-24)18-12-10-16(3)21(18)22(24)29-20(28)13-11-17-8-6-5-7-9-17/h11,13,15-19,21-22H,5-10,12,14H2,1-4H3/b13-11+. The van der Waals surface area contributed by atoms with Crippen molar-refractivity contribution in [2.24, 2.45) is 34.7 Å². The van der Waals surface area contributed by atoms with Crippen molar-refractivity contribution in [2.75, 3.05) is 0 Å². The van der Waals surface area contributed by atoms with Gasteiger partial charge in [0.2, 0.25) is 0 Å². The highest BCUT2D eigenvalue weighted by atomic mass is 16.6. The Bertz CT molecular complexity index is 740. The Morgan fingerprint density at radius 3 is 2.63 bits per heavy atom. The van der Waals surface area contributed by atoms with Gasteiger partial charge < -0.3 is 9.47 Å². The number of fused-ring (bicyclic) bond motifs is 4. The second kappa shape index (κ2) is 8.20. The van der Waals surface area contributed by atoms with E-state index in [9.17, 15) is 10.3 Å². The first kappa shape index (κ1) is 21.7. The molecule has 0 N–H and O–H groups in total. The summed E-state index contributed by atoms with van der Waals surface area (Å²) in [6.07, 6.45) is 12.3. The molecular formula is C24H37N3O3. The maximum Gasteiger partial charge on any atom is 0.330 e. The Labute approximate surface area is 180 Å². The summed E-state index contributed by atoms with van der Waals surface area (Å²) >= 11 is 0. The zero-order chi connectivity index (χ0) is 21.5. The first-order valence-corrected chi connectivity index (χ1v) is 11.9. The molecule has 2 saturated carbocycles. The van der Waals surface area contributed by atoms with Gasteiger partial charge in [0, 0.05) is 16.9 Å². The summed E-state index contributed by atoms with van der Waals surface area (Å²) in [4.78, 5) is 16.1. The SMILES string of the molecule is CC1CCC2C1C(OC(=O)/C=C/C1CCCCC1)C1(C(C)C)CC(N=[N+]=[N-])C2(C)O1. The summed E-state index contributed by atoms with van der Waals surface area (Å²) < 4.78 is 13.1. The van der Waals surface area contributed by atoms with Crippen LogP contribution in [-0.2, 0) is 14.3 Å². The molecular weight excluding hydrogens is 378 g/mol. The van der Waals surface area contributed by atoms with Crippen LogP contribution in [0.5, 0.6) is 0 Å². The highest BCUT2D eigenvalue weighted by molar-refractivity contribution is 5.82. The molecule has 0 aromatic rings. The number of hydrogen-bond acceptors (Lipinski definition) is 4. The van der Waals surface area contributed by atoms with Crippen LogP contribution >= 0.6 is 0 Å². The van der Waals surface area contributed by atoms with Gasteiger partial charge in [0.25, 0.3) is 0 Å². The van der Waals surface area contributed by atoms with E-state index in [1.54, 1.807) is 6.08 Å². The van der Waals surface area contributed by atoms with Crippen LogP contribution in [0.3, 0.4) is 0 Å². The second-order valence-electron chi connectivity index (χ2n) is 10.7. The van der Waals surface area contributed by atoms with Crippen LogP contribution in [0.1, 0.15) is 79.1 Å². The fourth-order valence-corrected chi connectivity index (χ4v) is 7.03. The molecule has 0 aromatic carbocycles. The predicted molar refractivity (Wildman–Crippen MR) is 116 cm³/mol. The van der Waals surface area contributed by atoms with E-state index in [-0.39, 0.29) is 35.9 Å². The minimum Gasteiger partial charge on any atom is -0.456 e. The summed E-state index contributed by atoms with van der Waals surface area (Å²) in [6, 6.07) is -0.218. The lowest BCUT2D eigenvalue weighted by molar-refractivity contribution is -0.258. The van der Waals surface area contributed by atoms with Crippen molar-refractivity contribution in [3.05, 3.63) is 22.6 Å². The zero-order valence-electron chi connectivity index (χ0n) is 18.9. The quantitative estimate of drug-likeness (QED) is 0.182. The van der Waals surface area contributed by atoms with Gasteiger partial charge in [0.1, 0.15) is 11.7 Å². The Morgan fingerprint density at radius 2 is 1.97 bits per heavy atom. The average molecular weight is 416 g/mol. The van der Waals surface area contributed by atoms with Gasteiger partial charge in [-0.2, -0.15) is 0 Å². The summed E-state index contributed by atoms with van der Waals surface area (Å²) in [7, 11) is 0. The van der Waals surface area contributed by atoms with E-state index in [0.717, 1.165) is 12.8 Å². The number of ether oxygens (including phenoxy) is 2. The van der Waals surface area contributed by atoms with Crippen LogP contribution in [0.15, 0.2) is 17.3 Å². The maximum atomic E-state index is 12.9. The number of rotatable bonds is 5. The van der Waals surface area contributed by atoms with E-state index >= 15 is 0 Å². The zero-order valence-corrected chi connectivity index (χ0v) is 18.9. The Kier molecular flexibility index (Phi) is 5.93. The average Bonchev–Trinajstić information content (AvgIpc) is 3.23. The van der Waals surface area contributed by atoms with Crippen molar-refractivity contribution >= 4 is 5.97 Å². The molecule has 30 heavy (non-hydrogen) atoms. The van der Waals surface area contributed by atoms with E-state index in [2.05, 4.69) is 43.8 Å². The molecule has 0 amide bonds. The topological polar surface area (TPSA) is 84.3 Å². The van der Waals surface area contributed by atoms with Gasteiger partial charge in [-0.15, -0.1) is 0 Å². The van der Waals surface area contributed by atoms with Gasteiger partial charge in [0.05, 0.1) is 11.6 Å². The Balaban J connectivity index is 1.62. The van der Waals surface area contributed by atoms with Gasteiger partial charge in [-0.25, -0.2) is 4.79 Å². The number of carbonyl (C=O) groups excluding carboxylic acids is 1. The third kappa shape index (κ3) is 3.46. The first-order chi connectivity index (χ1) is 14.3. The monoisotopic (exact) mass is 415 g/mol. The van der Waals surface area contributed by atoms with Crippen LogP contribution in [0.25, 0.3) is 10.4 Å². The number of esters is 1. The van der Waals surface area contributed by atoms with Crippen molar-refractivity contribution in [1.29, 1.82) is 0 Å². The summed E-state index contributed by atoms with van der Waals surface area (Å²) in [5.74, 6) is 1.36.